The third kappa shape index (κ3) is 7.38. The van der Waals surface area contributed by atoms with Gasteiger partial charge in [0, 0.05) is 10.6 Å². The number of anilines is 2. The molecular weight excluding hydrogens is 682 g/mol. The zero-order valence-corrected chi connectivity index (χ0v) is 25.9. The van der Waals surface area contributed by atoms with Crippen LogP contribution in [0, 0.1) is 0 Å². The third-order valence-corrected chi connectivity index (χ3v) is 9.25. The highest BCUT2D eigenvalue weighted by molar-refractivity contribution is 8.00. The highest BCUT2D eigenvalue weighted by atomic mass is 35.5. The van der Waals surface area contributed by atoms with Crippen LogP contribution in [0.15, 0.2) is 77.7 Å². The van der Waals surface area contributed by atoms with Crippen LogP contribution < -0.4 is 10.6 Å². The monoisotopic (exact) mass is 696 g/mol. The lowest BCUT2D eigenvalue weighted by Crippen LogP contribution is -2.20. The smallest absolute Gasteiger partial charge is 0.338 e. The molecule has 0 heterocycles. The lowest BCUT2D eigenvalue weighted by molar-refractivity contribution is -0.115. The zero-order valence-electron chi connectivity index (χ0n) is 21.3. The fraction of sp³-hybridized carbons (Fsp3) is 0.0345. The van der Waals surface area contributed by atoms with E-state index in [4.69, 9.17) is 58.0 Å². The first-order valence-corrected chi connectivity index (χ1v) is 14.7. The molecular formula is C29H17Cl5N2O6S. The number of aromatic carboxylic acids is 2. The first-order chi connectivity index (χ1) is 20.4. The van der Waals surface area contributed by atoms with Gasteiger partial charge in [-0.1, -0.05) is 94.4 Å². The molecule has 0 spiro atoms. The van der Waals surface area contributed by atoms with E-state index in [0.29, 0.717) is 10.5 Å². The van der Waals surface area contributed by atoms with Crippen molar-refractivity contribution >= 4 is 105 Å². The summed E-state index contributed by atoms with van der Waals surface area (Å²) in [5.41, 5.74) is -0.145. The van der Waals surface area contributed by atoms with E-state index in [1.165, 1.54) is 18.2 Å². The standard InChI is InChI=1S/C29H17Cl5N2O6S/c30-17-10-9-14(28(39)40)11-18(17)36-27(38)25(13-5-2-1-3-6-13)43-16-8-4-7-15(12-16)35-26(37)19-20(29(41)42)22(32)24(34)23(33)21(19)31/h1-12,25H,(H,35,37)(H,36,38)(H,39,40)(H,41,42). The number of thioether (sulfide) groups is 1. The van der Waals surface area contributed by atoms with Gasteiger partial charge in [-0.3, -0.25) is 9.59 Å². The van der Waals surface area contributed by atoms with Crippen LogP contribution in [0.5, 0.6) is 0 Å². The van der Waals surface area contributed by atoms with Gasteiger partial charge in [-0.15, -0.1) is 11.8 Å². The van der Waals surface area contributed by atoms with Crippen LogP contribution in [0.25, 0.3) is 0 Å². The fourth-order valence-electron chi connectivity index (χ4n) is 3.88. The zero-order chi connectivity index (χ0) is 31.4. The summed E-state index contributed by atoms with van der Waals surface area (Å²) in [6.45, 7) is 0. The molecule has 0 aliphatic heterocycles. The molecule has 0 fully saturated rings. The first-order valence-electron chi connectivity index (χ1n) is 11.9. The third-order valence-electron chi connectivity index (χ3n) is 5.87. The maximum Gasteiger partial charge on any atom is 0.338 e. The molecule has 220 valence electrons. The number of carbonyl (C=O) groups is 4. The van der Waals surface area contributed by atoms with Crippen molar-refractivity contribution < 1.29 is 29.4 Å². The van der Waals surface area contributed by atoms with Gasteiger partial charge in [0.1, 0.15) is 5.25 Å². The van der Waals surface area contributed by atoms with Crippen molar-refractivity contribution in [3.05, 3.63) is 120 Å². The topological polar surface area (TPSA) is 133 Å². The Bertz CT molecular complexity index is 1770. The van der Waals surface area contributed by atoms with E-state index in [-0.39, 0.29) is 37.0 Å². The molecule has 1 atom stereocenters. The van der Waals surface area contributed by atoms with Gasteiger partial charge in [0.2, 0.25) is 5.91 Å². The summed E-state index contributed by atoms with van der Waals surface area (Å²) < 4.78 is 0. The van der Waals surface area contributed by atoms with E-state index in [1.807, 2.05) is 0 Å². The molecule has 1 unspecified atom stereocenters. The predicted octanol–water partition coefficient (Wildman–Crippen LogP) is 9.07. The van der Waals surface area contributed by atoms with E-state index >= 15 is 0 Å². The molecule has 4 N–H and O–H groups in total. The van der Waals surface area contributed by atoms with Gasteiger partial charge in [0.25, 0.3) is 5.91 Å². The number of hydrogen-bond acceptors (Lipinski definition) is 5. The van der Waals surface area contributed by atoms with Crippen LogP contribution in [-0.2, 0) is 4.79 Å². The first kappa shape index (κ1) is 32.5. The molecule has 0 saturated heterocycles. The summed E-state index contributed by atoms with van der Waals surface area (Å²) >= 11 is 31.7. The van der Waals surface area contributed by atoms with Gasteiger partial charge in [0.05, 0.1) is 47.5 Å². The van der Waals surface area contributed by atoms with Crippen molar-refractivity contribution in [1.29, 1.82) is 0 Å². The summed E-state index contributed by atoms with van der Waals surface area (Å²) in [6.07, 6.45) is 0. The molecule has 0 aliphatic carbocycles. The molecule has 43 heavy (non-hydrogen) atoms. The van der Waals surface area contributed by atoms with Crippen molar-refractivity contribution in [2.75, 3.05) is 10.6 Å². The average Bonchev–Trinajstić information content (AvgIpc) is 2.97. The molecule has 0 aliphatic rings. The van der Waals surface area contributed by atoms with Crippen molar-refractivity contribution in [3.8, 4) is 0 Å². The largest absolute Gasteiger partial charge is 0.478 e. The van der Waals surface area contributed by atoms with E-state index < -0.39 is 45.2 Å². The molecule has 0 saturated carbocycles. The number of benzene rings is 4. The molecule has 8 nitrogen and oxygen atoms in total. The number of rotatable bonds is 9. The number of hydrogen-bond donors (Lipinski definition) is 4. The van der Waals surface area contributed by atoms with Crippen LogP contribution in [0.2, 0.25) is 25.1 Å². The van der Waals surface area contributed by atoms with Gasteiger partial charge in [-0.25, -0.2) is 9.59 Å². The quantitative estimate of drug-likeness (QED) is 0.0779. The minimum absolute atomic E-state index is 0.0542. The molecule has 0 aromatic heterocycles. The van der Waals surface area contributed by atoms with Gasteiger partial charge < -0.3 is 20.8 Å². The Morgan fingerprint density at radius 2 is 1.33 bits per heavy atom. The van der Waals surface area contributed by atoms with Crippen molar-refractivity contribution in [2.24, 2.45) is 0 Å². The highest BCUT2D eigenvalue weighted by Crippen LogP contribution is 2.42. The number of halogens is 5. The Kier molecular flexibility index (Phi) is 10.5. The lowest BCUT2D eigenvalue weighted by atomic mass is 10.1. The van der Waals surface area contributed by atoms with Crippen LogP contribution in [0.4, 0.5) is 11.4 Å². The van der Waals surface area contributed by atoms with Crippen LogP contribution >= 0.6 is 69.8 Å². The second-order valence-electron chi connectivity index (χ2n) is 8.69. The van der Waals surface area contributed by atoms with Crippen molar-refractivity contribution in [2.45, 2.75) is 10.1 Å². The van der Waals surface area contributed by atoms with Crippen LogP contribution in [0.3, 0.4) is 0 Å². The Morgan fingerprint density at radius 3 is 1.95 bits per heavy atom. The molecule has 4 rings (SSSR count). The normalized spacial score (nSPS) is 11.5. The molecule has 2 amide bonds. The Balaban J connectivity index is 1.64. The minimum Gasteiger partial charge on any atom is -0.478 e. The van der Waals surface area contributed by atoms with Gasteiger partial charge in [-0.05, 0) is 42.0 Å². The summed E-state index contributed by atoms with van der Waals surface area (Å²) in [5.74, 6) is -4.11. The van der Waals surface area contributed by atoms with Crippen LogP contribution in [0.1, 0.15) is 41.9 Å². The van der Waals surface area contributed by atoms with Crippen LogP contribution in [-0.4, -0.2) is 34.0 Å². The van der Waals surface area contributed by atoms with E-state index in [9.17, 15) is 29.4 Å². The molecule has 4 aromatic rings. The maximum absolute atomic E-state index is 13.5. The van der Waals surface area contributed by atoms with E-state index in [1.54, 1.807) is 54.6 Å². The number of carboxylic acids is 2. The maximum atomic E-state index is 13.5. The molecule has 4 aromatic carbocycles. The lowest BCUT2D eigenvalue weighted by Gasteiger charge is -2.18. The minimum atomic E-state index is -1.54. The fourth-order valence-corrected chi connectivity index (χ4v) is 6.14. The summed E-state index contributed by atoms with van der Waals surface area (Å²) in [6, 6.07) is 19.2. The summed E-state index contributed by atoms with van der Waals surface area (Å²) in [4.78, 5) is 50.6. The second-order valence-corrected chi connectivity index (χ2v) is 11.8. The van der Waals surface area contributed by atoms with Gasteiger partial charge >= 0.3 is 11.9 Å². The number of carbonyl (C=O) groups excluding carboxylic acids is 2. The predicted molar refractivity (Wildman–Crippen MR) is 170 cm³/mol. The number of nitrogens with one attached hydrogen (secondary N) is 2. The Morgan fingerprint density at radius 1 is 0.674 bits per heavy atom. The Hall–Kier alpha value is -3.44. The Labute approximate surface area is 273 Å². The molecule has 0 radical (unpaired) electrons. The summed E-state index contributed by atoms with van der Waals surface area (Å²) in [5, 5.41) is 22.2. The van der Waals surface area contributed by atoms with Crippen molar-refractivity contribution in [1.82, 2.24) is 0 Å². The molecule has 14 heteroatoms. The second kappa shape index (κ2) is 13.9. The molecule has 0 bridgehead atoms. The average molecular weight is 699 g/mol. The van der Waals surface area contributed by atoms with E-state index in [0.717, 1.165) is 11.8 Å². The number of carboxylic acid groups (broad SMARTS) is 2. The number of amides is 2. The van der Waals surface area contributed by atoms with E-state index in [2.05, 4.69) is 10.6 Å². The van der Waals surface area contributed by atoms with Gasteiger partial charge in [-0.2, -0.15) is 0 Å². The SMILES string of the molecule is O=C(O)c1ccc(Cl)c(NC(=O)C(Sc2cccc(NC(=O)c3c(Cl)c(Cl)c(Cl)c(Cl)c3C(=O)O)c2)c2ccccc2)c1. The van der Waals surface area contributed by atoms with Crippen molar-refractivity contribution in [3.63, 3.8) is 0 Å². The van der Waals surface area contributed by atoms with Gasteiger partial charge in [0.15, 0.2) is 0 Å². The summed E-state index contributed by atoms with van der Waals surface area (Å²) in [7, 11) is 0. The highest BCUT2D eigenvalue weighted by Gasteiger charge is 2.29.